The number of nitrogens with two attached hydrogens (primary N) is 1. The topological polar surface area (TPSA) is 67.8 Å². The molecule has 0 unspecified atom stereocenters. The van der Waals surface area contributed by atoms with E-state index in [1.54, 1.807) is 6.07 Å². The minimum absolute atomic E-state index is 0.105. The molecule has 1 aromatic carbocycles. The molecule has 1 rings (SSSR count). The van der Waals surface area contributed by atoms with E-state index in [-0.39, 0.29) is 18.2 Å². The first-order valence-electron chi connectivity index (χ1n) is 4.15. The van der Waals surface area contributed by atoms with E-state index in [9.17, 15) is 4.39 Å². The number of hydrogen-bond donors (Lipinski definition) is 2. The van der Waals surface area contributed by atoms with E-state index in [2.05, 4.69) is 5.16 Å². The Bertz CT molecular complexity index is 371. The second-order valence-corrected chi connectivity index (χ2v) is 3.10. The van der Waals surface area contributed by atoms with E-state index < -0.39 is 6.67 Å². The molecule has 82 valence electrons. The van der Waals surface area contributed by atoms with E-state index in [0.29, 0.717) is 10.6 Å². The van der Waals surface area contributed by atoms with Gasteiger partial charge in [-0.05, 0) is 18.2 Å². The van der Waals surface area contributed by atoms with Crippen LogP contribution in [-0.2, 0) is 0 Å². The van der Waals surface area contributed by atoms with Crippen LogP contribution in [0.1, 0.15) is 5.56 Å². The van der Waals surface area contributed by atoms with Crippen LogP contribution in [-0.4, -0.2) is 24.3 Å². The van der Waals surface area contributed by atoms with Gasteiger partial charge in [0.1, 0.15) is 19.0 Å². The van der Waals surface area contributed by atoms with Gasteiger partial charge in [0.05, 0.1) is 5.56 Å². The molecular formula is C9H10ClFN2O2. The van der Waals surface area contributed by atoms with Crippen LogP contribution < -0.4 is 10.5 Å². The molecule has 0 spiro atoms. The minimum atomic E-state index is -0.623. The molecule has 0 saturated heterocycles. The molecule has 0 atom stereocenters. The molecule has 4 nitrogen and oxygen atoms in total. The molecule has 0 saturated carbocycles. The number of alkyl halides is 1. The highest BCUT2D eigenvalue weighted by Crippen LogP contribution is 2.23. The molecule has 3 N–H and O–H groups in total. The van der Waals surface area contributed by atoms with Gasteiger partial charge in [-0.25, -0.2) is 4.39 Å². The molecule has 0 aliphatic heterocycles. The maximum Gasteiger partial charge on any atom is 0.173 e. The van der Waals surface area contributed by atoms with Crippen LogP contribution >= 0.6 is 11.6 Å². The summed E-state index contributed by atoms with van der Waals surface area (Å²) in [5.41, 5.74) is 5.77. The number of rotatable bonds is 4. The van der Waals surface area contributed by atoms with Gasteiger partial charge in [0, 0.05) is 5.02 Å². The van der Waals surface area contributed by atoms with Crippen LogP contribution in [0.2, 0.25) is 5.02 Å². The molecular weight excluding hydrogens is 223 g/mol. The predicted octanol–water partition coefficient (Wildman–Crippen LogP) is 1.78. The fourth-order valence-corrected chi connectivity index (χ4v) is 1.19. The second-order valence-electron chi connectivity index (χ2n) is 2.66. The van der Waals surface area contributed by atoms with E-state index >= 15 is 0 Å². The van der Waals surface area contributed by atoms with Gasteiger partial charge < -0.3 is 15.7 Å². The first kappa shape index (κ1) is 11.6. The third-order valence-electron chi connectivity index (χ3n) is 1.66. The van der Waals surface area contributed by atoms with Crippen LogP contribution in [0.4, 0.5) is 4.39 Å². The molecule has 15 heavy (non-hydrogen) atoms. The molecule has 0 aliphatic carbocycles. The normalized spacial score (nSPS) is 11.5. The fourth-order valence-electron chi connectivity index (χ4n) is 1.03. The summed E-state index contributed by atoms with van der Waals surface area (Å²) >= 11 is 5.73. The Balaban J connectivity index is 3.03. The van der Waals surface area contributed by atoms with Crippen molar-refractivity contribution in [3.8, 4) is 5.75 Å². The van der Waals surface area contributed by atoms with Crippen molar-refractivity contribution in [2.75, 3.05) is 13.3 Å². The molecule has 0 fully saturated rings. The highest BCUT2D eigenvalue weighted by molar-refractivity contribution is 6.30. The molecule has 1 aromatic rings. The molecule has 0 aliphatic rings. The van der Waals surface area contributed by atoms with E-state index in [1.165, 1.54) is 12.1 Å². The zero-order chi connectivity index (χ0) is 11.3. The molecule has 0 radical (unpaired) electrons. The van der Waals surface area contributed by atoms with Crippen molar-refractivity contribution in [1.82, 2.24) is 0 Å². The van der Waals surface area contributed by atoms with Crippen molar-refractivity contribution in [3.63, 3.8) is 0 Å². The van der Waals surface area contributed by atoms with Crippen molar-refractivity contribution in [3.05, 3.63) is 28.8 Å². The lowest BCUT2D eigenvalue weighted by Crippen LogP contribution is -2.15. The highest BCUT2D eigenvalue weighted by Gasteiger charge is 2.08. The predicted molar refractivity (Wildman–Crippen MR) is 55.4 cm³/mol. The zero-order valence-electron chi connectivity index (χ0n) is 7.78. The van der Waals surface area contributed by atoms with Crippen LogP contribution in [0.5, 0.6) is 5.75 Å². The Hall–Kier alpha value is -1.49. The molecule has 0 amide bonds. The van der Waals surface area contributed by atoms with Gasteiger partial charge >= 0.3 is 0 Å². The van der Waals surface area contributed by atoms with Crippen molar-refractivity contribution >= 4 is 17.4 Å². The van der Waals surface area contributed by atoms with Gasteiger partial charge in [-0.3, -0.25) is 0 Å². The maximum atomic E-state index is 11.9. The van der Waals surface area contributed by atoms with Crippen LogP contribution in [0.3, 0.4) is 0 Å². The van der Waals surface area contributed by atoms with Crippen molar-refractivity contribution in [1.29, 1.82) is 0 Å². The molecule has 0 bridgehead atoms. The average Bonchev–Trinajstić information content (AvgIpc) is 2.25. The number of nitrogens with zero attached hydrogens (tertiary/aromatic N) is 1. The standard InChI is InChI=1S/C9H10ClFN2O2/c10-6-1-2-7(9(12)13-14)8(5-6)15-4-3-11/h1-2,5,14H,3-4H2,(H2,12,13). The quantitative estimate of drug-likeness (QED) is 0.360. The Labute approximate surface area is 91.1 Å². The summed E-state index contributed by atoms with van der Waals surface area (Å²) < 4.78 is 17.0. The molecule has 0 heterocycles. The SMILES string of the molecule is N/C(=N/O)c1ccc(Cl)cc1OCCF. The summed E-state index contributed by atoms with van der Waals surface area (Å²) in [5.74, 6) is 0.177. The lowest BCUT2D eigenvalue weighted by atomic mass is 10.2. The monoisotopic (exact) mass is 232 g/mol. The summed E-state index contributed by atoms with van der Waals surface area (Å²) in [7, 11) is 0. The largest absolute Gasteiger partial charge is 0.490 e. The Morgan fingerprint density at radius 3 is 2.93 bits per heavy atom. The number of halogens is 2. The number of benzene rings is 1. The number of ether oxygens (including phenoxy) is 1. The van der Waals surface area contributed by atoms with E-state index in [1.807, 2.05) is 0 Å². The highest BCUT2D eigenvalue weighted by atomic mass is 35.5. The minimum Gasteiger partial charge on any atom is -0.490 e. The van der Waals surface area contributed by atoms with Crippen LogP contribution in [0.25, 0.3) is 0 Å². The molecule has 0 aromatic heterocycles. The summed E-state index contributed by atoms with van der Waals surface area (Å²) in [6.07, 6.45) is 0. The first-order valence-corrected chi connectivity index (χ1v) is 4.53. The number of amidine groups is 1. The fraction of sp³-hybridized carbons (Fsp3) is 0.222. The lowest BCUT2D eigenvalue weighted by Gasteiger charge is -2.09. The van der Waals surface area contributed by atoms with Crippen molar-refractivity contribution < 1.29 is 14.3 Å². The number of hydrogen-bond acceptors (Lipinski definition) is 3. The Morgan fingerprint density at radius 2 is 2.33 bits per heavy atom. The van der Waals surface area contributed by atoms with Crippen molar-refractivity contribution in [2.24, 2.45) is 10.9 Å². The van der Waals surface area contributed by atoms with Gasteiger partial charge in [0.2, 0.25) is 0 Å². The van der Waals surface area contributed by atoms with Gasteiger partial charge in [-0.1, -0.05) is 16.8 Å². The Kier molecular flexibility index (Phi) is 4.17. The van der Waals surface area contributed by atoms with Crippen LogP contribution in [0, 0.1) is 0 Å². The summed E-state index contributed by atoms with van der Waals surface area (Å²) in [6, 6.07) is 4.58. The van der Waals surface area contributed by atoms with Crippen LogP contribution in [0.15, 0.2) is 23.4 Å². The Morgan fingerprint density at radius 1 is 1.60 bits per heavy atom. The number of oxime groups is 1. The van der Waals surface area contributed by atoms with Gasteiger partial charge in [0.15, 0.2) is 5.84 Å². The second kappa shape index (κ2) is 5.41. The summed E-state index contributed by atoms with van der Waals surface area (Å²) in [4.78, 5) is 0. The van der Waals surface area contributed by atoms with Gasteiger partial charge in [0.25, 0.3) is 0 Å². The smallest absolute Gasteiger partial charge is 0.173 e. The maximum absolute atomic E-state index is 11.9. The van der Waals surface area contributed by atoms with Gasteiger partial charge in [-0.2, -0.15) is 0 Å². The summed E-state index contributed by atoms with van der Waals surface area (Å²) in [6.45, 7) is -0.728. The first-order chi connectivity index (χ1) is 7.19. The third-order valence-corrected chi connectivity index (χ3v) is 1.90. The van der Waals surface area contributed by atoms with Gasteiger partial charge in [-0.15, -0.1) is 0 Å². The van der Waals surface area contributed by atoms with Crippen molar-refractivity contribution in [2.45, 2.75) is 0 Å². The third kappa shape index (κ3) is 2.99. The van der Waals surface area contributed by atoms with E-state index in [0.717, 1.165) is 0 Å². The average molecular weight is 233 g/mol. The van der Waals surface area contributed by atoms with E-state index in [4.69, 9.17) is 27.3 Å². The lowest BCUT2D eigenvalue weighted by molar-refractivity contribution is 0.272. The molecule has 6 heteroatoms. The summed E-state index contributed by atoms with van der Waals surface area (Å²) in [5, 5.41) is 11.8. The zero-order valence-corrected chi connectivity index (χ0v) is 8.54.